The summed E-state index contributed by atoms with van der Waals surface area (Å²) in [6, 6.07) is 0. The molecule has 2 atom stereocenters. The van der Waals surface area contributed by atoms with Gasteiger partial charge in [0.25, 0.3) is 0 Å². The number of aliphatic carboxylic acids is 1. The van der Waals surface area contributed by atoms with Crippen LogP contribution in [0.3, 0.4) is 0 Å². The third-order valence-corrected chi connectivity index (χ3v) is 3.53. The Kier molecular flexibility index (Phi) is 2.77. The SMILES string of the molecule is CC1=C2C(=CO[C@H](C)[C@H]2C)C(=O)C(C(=O)O)=C1O. The molecule has 0 aromatic heterocycles. The molecular weight excluding hydrogens is 236 g/mol. The standard InChI is InChI=1S/C13H14O5/c1-5-7(3)18-4-8-9(5)6(2)11(14)10(12(8)15)13(16)17/h4-5,7,14H,1-3H3,(H,16,17)/t5-,7-/m1/s1. The second-order valence-electron chi connectivity index (χ2n) is 4.56. The van der Waals surface area contributed by atoms with Gasteiger partial charge < -0.3 is 14.9 Å². The Hall–Kier alpha value is -2.04. The fourth-order valence-corrected chi connectivity index (χ4v) is 2.31. The molecule has 0 aromatic rings. The monoisotopic (exact) mass is 250 g/mol. The van der Waals surface area contributed by atoms with Gasteiger partial charge in [0.2, 0.25) is 5.78 Å². The molecule has 0 saturated carbocycles. The van der Waals surface area contributed by atoms with Gasteiger partial charge in [-0.1, -0.05) is 6.92 Å². The number of ether oxygens (including phenoxy) is 1. The second kappa shape index (κ2) is 4.01. The topological polar surface area (TPSA) is 83.8 Å². The maximum atomic E-state index is 12.0. The number of allylic oxidation sites excluding steroid dienone is 2. The third kappa shape index (κ3) is 1.54. The zero-order chi connectivity index (χ0) is 13.6. The number of Topliss-reactive ketones (excluding diaryl/α,β-unsaturated/α-hetero) is 1. The summed E-state index contributed by atoms with van der Waals surface area (Å²) < 4.78 is 5.33. The number of aliphatic hydroxyl groups is 1. The minimum Gasteiger partial charge on any atom is -0.507 e. The van der Waals surface area contributed by atoms with Crippen LogP contribution in [0.4, 0.5) is 0 Å². The van der Waals surface area contributed by atoms with Gasteiger partial charge in [-0.05, 0) is 25.0 Å². The third-order valence-electron chi connectivity index (χ3n) is 3.53. The lowest BCUT2D eigenvalue weighted by Crippen LogP contribution is -2.32. The number of rotatable bonds is 1. The first-order valence-corrected chi connectivity index (χ1v) is 5.64. The first-order chi connectivity index (χ1) is 8.36. The first-order valence-electron chi connectivity index (χ1n) is 5.64. The van der Waals surface area contributed by atoms with Crippen molar-refractivity contribution < 1.29 is 24.5 Å². The molecular formula is C13H14O5. The van der Waals surface area contributed by atoms with E-state index in [1.54, 1.807) is 6.92 Å². The van der Waals surface area contributed by atoms with Gasteiger partial charge in [0, 0.05) is 5.92 Å². The molecule has 1 aliphatic carbocycles. The number of hydrogen-bond acceptors (Lipinski definition) is 4. The van der Waals surface area contributed by atoms with Crippen LogP contribution in [-0.2, 0) is 14.3 Å². The lowest BCUT2D eigenvalue weighted by molar-refractivity contribution is -0.134. The highest BCUT2D eigenvalue weighted by atomic mass is 16.5. The Morgan fingerprint density at radius 3 is 2.56 bits per heavy atom. The number of hydrogen-bond donors (Lipinski definition) is 2. The smallest absolute Gasteiger partial charge is 0.343 e. The summed E-state index contributed by atoms with van der Waals surface area (Å²) in [5, 5.41) is 18.8. The largest absolute Gasteiger partial charge is 0.507 e. The normalized spacial score (nSPS) is 27.7. The molecule has 0 bridgehead atoms. The number of carbonyl (C=O) groups is 2. The molecule has 0 spiro atoms. The van der Waals surface area contributed by atoms with Crippen LogP contribution in [0.25, 0.3) is 0 Å². The predicted molar refractivity (Wildman–Crippen MR) is 62.8 cm³/mol. The summed E-state index contributed by atoms with van der Waals surface area (Å²) >= 11 is 0. The number of carboxylic acid groups (broad SMARTS) is 1. The Morgan fingerprint density at radius 1 is 1.39 bits per heavy atom. The molecule has 0 saturated heterocycles. The average Bonchev–Trinajstić information content (AvgIpc) is 2.29. The Bertz CT molecular complexity index is 536. The lowest BCUT2D eigenvalue weighted by atomic mass is 9.78. The van der Waals surface area contributed by atoms with Crippen LogP contribution in [0, 0.1) is 5.92 Å². The van der Waals surface area contributed by atoms with Gasteiger partial charge in [-0.25, -0.2) is 4.79 Å². The fraction of sp³-hybridized carbons (Fsp3) is 0.385. The van der Waals surface area contributed by atoms with Crippen molar-refractivity contribution in [2.75, 3.05) is 0 Å². The van der Waals surface area contributed by atoms with Crippen LogP contribution in [0.2, 0.25) is 0 Å². The van der Waals surface area contributed by atoms with Crippen molar-refractivity contribution in [3.63, 3.8) is 0 Å². The Balaban J connectivity index is 2.69. The van der Waals surface area contributed by atoms with Crippen molar-refractivity contribution in [3.8, 4) is 0 Å². The molecule has 0 aromatic carbocycles. The van der Waals surface area contributed by atoms with E-state index in [1.807, 2.05) is 13.8 Å². The second-order valence-corrected chi connectivity index (χ2v) is 4.56. The number of carboxylic acids is 1. The molecule has 5 nitrogen and oxygen atoms in total. The van der Waals surface area contributed by atoms with Gasteiger partial charge in [-0.2, -0.15) is 0 Å². The van der Waals surface area contributed by atoms with Crippen molar-refractivity contribution in [1.29, 1.82) is 0 Å². The van der Waals surface area contributed by atoms with Gasteiger partial charge in [-0.15, -0.1) is 0 Å². The summed E-state index contributed by atoms with van der Waals surface area (Å²) in [7, 11) is 0. The Labute approximate surface area is 104 Å². The molecule has 1 aliphatic heterocycles. The lowest BCUT2D eigenvalue weighted by Gasteiger charge is -2.32. The van der Waals surface area contributed by atoms with E-state index in [-0.39, 0.29) is 17.6 Å². The zero-order valence-electron chi connectivity index (χ0n) is 10.4. The van der Waals surface area contributed by atoms with Crippen molar-refractivity contribution in [2.24, 2.45) is 5.92 Å². The average molecular weight is 250 g/mol. The summed E-state index contributed by atoms with van der Waals surface area (Å²) in [6.45, 7) is 5.35. The van der Waals surface area contributed by atoms with E-state index < -0.39 is 23.1 Å². The minimum atomic E-state index is -1.43. The van der Waals surface area contributed by atoms with Gasteiger partial charge in [-0.3, -0.25) is 4.79 Å². The van der Waals surface area contributed by atoms with Crippen molar-refractivity contribution in [3.05, 3.63) is 34.3 Å². The van der Waals surface area contributed by atoms with E-state index in [0.29, 0.717) is 11.1 Å². The number of ketones is 1. The van der Waals surface area contributed by atoms with E-state index in [2.05, 4.69) is 0 Å². The van der Waals surface area contributed by atoms with Gasteiger partial charge >= 0.3 is 5.97 Å². The predicted octanol–water partition coefficient (Wildman–Crippen LogP) is 1.72. The molecule has 2 N–H and O–H groups in total. The maximum absolute atomic E-state index is 12.0. The van der Waals surface area contributed by atoms with Crippen molar-refractivity contribution in [1.82, 2.24) is 0 Å². The summed E-state index contributed by atoms with van der Waals surface area (Å²) in [5.41, 5.74) is 0.739. The molecule has 2 rings (SSSR count). The van der Waals surface area contributed by atoms with E-state index in [1.165, 1.54) is 6.26 Å². The van der Waals surface area contributed by atoms with Crippen molar-refractivity contribution >= 4 is 11.8 Å². The highest BCUT2D eigenvalue weighted by molar-refractivity contribution is 6.26. The molecule has 0 amide bonds. The van der Waals surface area contributed by atoms with Crippen LogP contribution in [-0.4, -0.2) is 28.1 Å². The molecule has 0 radical (unpaired) electrons. The van der Waals surface area contributed by atoms with Crippen LogP contribution < -0.4 is 0 Å². The number of carbonyl (C=O) groups excluding carboxylic acids is 1. The number of aliphatic hydroxyl groups excluding tert-OH is 1. The Morgan fingerprint density at radius 2 is 2.00 bits per heavy atom. The van der Waals surface area contributed by atoms with E-state index in [0.717, 1.165) is 0 Å². The molecule has 0 fully saturated rings. The maximum Gasteiger partial charge on any atom is 0.343 e. The van der Waals surface area contributed by atoms with Crippen LogP contribution >= 0.6 is 0 Å². The van der Waals surface area contributed by atoms with Gasteiger partial charge in [0.15, 0.2) is 0 Å². The van der Waals surface area contributed by atoms with E-state index in [4.69, 9.17) is 9.84 Å². The minimum absolute atomic E-state index is 0.0774. The highest BCUT2D eigenvalue weighted by Gasteiger charge is 2.39. The van der Waals surface area contributed by atoms with E-state index in [9.17, 15) is 14.7 Å². The first kappa shape index (κ1) is 12.4. The summed E-state index contributed by atoms with van der Waals surface area (Å²) in [5.74, 6) is -2.64. The molecule has 96 valence electrons. The molecule has 5 heteroatoms. The van der Waals surface area contributed by atoms with Gasteiger partial charge in [0.05, 0.1) is 11.8 Å². The highest BCUT2D eigenvalue weighted by Crippen LogP contribution is 2.39. The fourth-order valence-electron chi connectivity index (χ4n) is 2.31. The van der Waals surface area contributed by atoms with Crippen LogP contribution in [0.1, 0.15) is 20.8 Å². The molecule has 1 heterocycles. The van der Waals surface area contributed by atoms with Crippen LogP contribution in [0.5, 0.6) is 0 Å². The van der Waals surface area contributed by atoms with Crippen molar-refractivity contribution in [2.45, 2.75) is 26.9 Å². The molecule has 2 aliphatic rings. The molecule has 18 heavy (non-hydrogen) atoms. The van der Waals surface area contributed by atoms with Gasteiger partial charge in [0.1, 0.15) is 17.4 Å². The summed E-state index contributed by atoms with van der Waals surface area (Å²) in [4.78, 5) is 23.0. The molecule has 0 unspecified atom stereocenters. The van der Waals surface area contributed by atoms with Crippen LogP contribution in [0.15, 0.2) is 34.3 Å². The zero-order valence-corrected chi connectivity index (χ0v) is 10.4. The van der Waals surface area contributed by atoms with E-state index >= 15 is 0 Å². The quantitative estimate of drug-likeness (QED) is 0.692. The number of fused-ring (bicyclic) bond motifs is 1. The summed E-state index contributed by atoms with van der Waals surface area (Å²) in [6.07, 6.45) is 1.17.